The number of hydrogen-bond donors (Lipinski definition) is 0. The number of nitrogens with zero attached hydrogens (tertiary/aromatic N) is 3. The summed E-state index contributed by atoms with van der Waals surface area (Å²) in [5.41, 5.74) is 5.46. The average molecular weight is 779 g/mol. The second-order valence-corrected chi connectivity index (χ2v) is 15.4. The van der Waals surface area contributed by atoms with Gasteiger partial charge in [-0.3, -0.25) is 0 Å². The molecule has 5 nitrogen and oxygen atoms in total. The van der Waals surface area contributed by atoms with E-state index >= 15 is 0 Å². The summed E-state index contributed by atoms with van der Waals surface area (Å²) in [6.07, 6.45) is 0. The summed E-state index contributed by atoms with van der Waals surface area (Å²) in [6, 6.07) is 25.9. The molecule has 0 saturated heterocycles. The third-order valence-corrected chi connectivity index (χ3v) is 11.8. The maximum atomic E-state index is 6.95. The van der Waals surface area contributed by atoms with Gasteiger partial charge in [-0.2, -0.15) is 0 Å². The molecule has 262 valence electrons. The SMILES string of the molecule is [B]c1c([B])c([B])c2c(oc3c([B])c(-c4nc(-c5ccc(-c6cccc(-c7ccccc7)c6)cc5)nc(-c5c([B])c([B])c([B])c6c5oc5c([B])c([B])c([B])c([B])c56)n4)c([B])c([B])c32)c1[B]. The van der Waals surface area contributed by atoms with Crippen molar-refractivity contribution in [2.75, 3.05) is 0 Å². The molecule has 7 aromatic carbocycles. The molecule has 0 unspecified atom stereocenters. The molecule has 10 aromatic rings. The summed E-state index contributed by atoms with van der Waals surface area (Å²) in [7, 11) is 91.4. The highest BCUT2D eigenvalue weighted by Crippen LogP contribution is 2.34. The van der Waals surface area contributed by atoms with Gasteiger partial charge in [0.1, 0.15) is 132 Å². The first kappa shape index (κ1) is 42.0. The Morgan fingerprint density at radius 3 is 1.17 bits per heavy atom. The van der Waals surface area contributed by atoms with Gasteiger partial charge < -0.3 is 8.83 Å². The average Bonchev–Trinajstić information content (AvgIpc) is 3.92. The zero-order chi connectivity index (χ0) is 45.2. The minimum Gasteiger partial charge on any atom is -0.457 e. The van der Waals surface area contributed by atoms with Crippen molar-refractivity contribution in [3.05, 3.63) is 78.9 Å². The number of rotatable bonds is 5. The standard InChI is InChI=1S/C45H13B14N3O2/c46-25-21-22-28(49)34(55)36(57)38(59)42(22)64-40(21)31(52)23(29(25)50)44-60-43(16-11-9-15(10-12-16)18-8-4-7-17(13-18)14-5-2-1-3-6-14)61-45(62-44)24-30(51)32(53)26(47)19-20-27(48)33(54)35(56)37(58)41(20)63-39(19)24/h1-13H. The van der Waals surface area contributed by atoms with Crippen molar-refractivity contribution in [1.82, 2.24) is 15.0 Å². The van der Waals surface area contributed by atoms with E-state index < -0.39 is 0 Å². The Labute approximate surface area is 387 Å². The molecule has 64 heavy (non-hydrogen) atoms. The van der Waals surface area contributed by atoms with Crippen molar-refractivity contribution in [1.29, 1.82) is 0 Å². The predicted octanol–water partition coefficient (Wildman–Crippen LogP) is -4.88. The van der Waals surface area contributed by atoms with Crippen LogP contribution in [-0.2, 0) is 0 Å². The molecule has 0 saturated carbocycles. The maximum absolute atomic E-state index is 6.95. The van der Waals surface area contributed by atoms with E-state index in [9.17, 15) is 0 Å². The first-order chi connectivity index (χ1) is 30.6. The molecule has 19 heteroatoms. The Bertz CT molecular complexity index is 3670. The van der Waals surface area contributed by atoms with Crippen LogP contribution in [0, 0.1) is 0 Å². The van der Waals surface area contributed by atoms with Crippen LogP contribution in [0.15, 0.2) is 87.7 Å². The second kappa shape index (κ2) is 15.4. The lowest BCUT2D eigenvalue weighted by molar-refractivity contribution is 0.673. The van der Waals surface area contributed by atoms with Crippen molar-refractivity contribution in [3.63, 3.8) is 0 Å². The maximum Gasteiger partial charge on any atom is 0.167 e. The van der Waals surface area contributed by atoms with E-state index in [1.807, 2.05) is 54.6 Å². The van der Waals surface area contributed by atoms with E-state index in [1.165, 1.54) is 0 Å². The lowest BCUT2D eigenvalue weighted by atomic mass is 9.64. The van der Waals surface area contributed by atoms with Gasteiger partial charge in [-0.15, -0.1) is 27.3 Å². The van der Waals surface area contributed by atoms with Crippen LogP contribution >= 0.6 is 0 Å². The Morgan fingerprint density at radius 1 is 0.266 bits per heavy atom. The highest BCUT2D eigenvalue weighted by Gasteiger charge is 2.27. The molecule has 0 fully saturated rings. The number of aromatic nitrogens is 3. The summed E-state index contributed by atoms with van der Waals surface area (Å²) in [5, 5.41) is 1.06. The molecular weight excluding hydrogens is 766 g/mol. The molecule has 0 N–H and O–H groups in total. The van der Waals surface area contributed by atoms with Crippen LogP contribution < -0.4 is 76.5 Å². The van der Waals surface area contributed by atoms with Crippen LogP contribution in [0.25, 0.3) is 100 Å². The molecule has 0 aliphatic heterocycles. The van der Waals surface area contributed by atoms with Crippen molar-refractivity contribution in [2.24, 2.45) is 0 Å². The molecule has 0 spiro atoms. The van der Waals surface area contributed by atoms with Crippen LogP contribution in [0.2, 0.25) is 0 Å². The van der Waals surface area contributed by atoms with Crippen molar-refractivity contribution in [3.8, 4) is 56.4 Å². The lowest BCUT2D eigenvalue weighted by Gasteiger charge is -2.18. The van der Waals surface area contributed by atoms with Gasteiger partial charge in [0.25, 0.3) is 0 Å². The molecule has 28 radical (unpaired) electrons. The highest BCUT2D eigenvalue weighted by molar-refractivity contribution is 6.71. The molecule has 0 atom stereocenters. The van der Waals surface area contributed by atoms with Gasteiger partial charge in [-0.05, 0) is 33.8 Å². The second-order valence-electron chi connectivity index (χ2n) is 15.4. The Balaban J connectivity index is 1.25. The zero-order valence-corrected chi connectivity index (χ0v) is 33.7. The molecular formula is C45H13B14N3O2. The Morgan fingerprint density at radius 2 is 0.625 bits per heavy atom. The van der Waals surface area contributed by atoms with Gasteiger partial charge in [0.2, 0.25) is 0 Å². The topological polar surface area (TPSA) is 65.0 Å². The van der Waals surface area contributed by atoms with E-state index in [-0.39, 0.29) is 149 Å². The molecule has 0 bridgehead atoms. The quantitative estimate of drug-likeness (QED) is 0.164. The molecule has 10 rings (SSSR count). The van der Waals surface area contributed by atoms with Crippen molar-refractivity contribution < 1.29 is 8.83 Å². The molecule has 3 heterocycles. The first-order valence-electron chi connectivity index (χ1n) is 19.5. The van der Waals surface area contributed by atoms with Gasteiger partial charge in [0, 0.05) is 32.7 Å². The van der Waals surface area contributed by atoms with Gasteiger partial charge >= 0.3 is 0 Å². The lowest BCUT2D eigenvalue weighted by Crippen LogP contribution is -2.48. The predicted molar refractivity (Wildman–Crippen MR) is 277 cm³/mol. The van der Waals surface area contributed by atoms with Crippen LogP contribution in [0.4, 0.5) is 0 Å². The molecule has 3 aromatic heterocycles. The van der Waals surface area contributed by atoms with E-state index in [1.54, 1.807) is 0 Å². The van der Waals surface area contributed by atoms with Crippen LogP contribution in [0.3, 0.4) is 0 Å². The number of furan rings is 2. The third kappa shape index (κ3) is 6.16. The van der Waals surface area contributed by atoms with Gasteiger partial charge in [-0.1, -0.05) is 116 Å². The smallest absolute Gasteiger partial charge is 0.167 e. The summed E-state index contributed by atoms with van der Waals surface area (Å²) < 4.78 is 12.7. The number of benzene rings is 7. The summed E-state index contributed by atoms with van der Waals surface area (Å²) in [5.74, 6) is 0.0737. The molecule has 0 amide bonds. The fourth-order valence-electron chi connectivity index (χ4n) is 8.31. The van der Waals surface area contributed by atoms with Crippen molar-refractivity contribution >= 4 is 230 Å². The van der Waals surface area contributed by atoms with E-state index in [2.05, 4.69) is 24.3 Å². The molecule has 0 aliphatic rings. The van der Waals surface area contributed by atoms with Gasteiger partial charge in [-0.25, -0.2) is 15.0 Å². The molecule has 0 aliphatic carbocycles. The van der Waals surface area contributed by atoms with Crippen molar-refractivity contribution in [2.45, 2.75) is 0 Å². The third-order valence-electron chi connectivity index (χ3n) is 11.8. The van der Waals surface area contributed by atoms with E-state index in [4.69, 9.17) is 134 Å². The number of fused-ring (bicyclic) bond motifs is 6. The number of hydrogen-bond acceptors (Lipinski definition) is 5. The monoisotopic (exact) mass is 781 g/mol. The normalized spacial score (nSPS) is 11.7. The summed E-state index contributed by atoms with van der Waals surface area (Å²) in [4.78, 5) is 14.8. The summed E-state index contributed by atoms with van der Waals surface area (Å²) in [6.45, 7) is 0. The fourth-order valence-corrected chi connectivity index (χ4v) is 8.31. The Hall–Kier alpha value is -5.94. The largest absolute Gasteiger partial charge is 0.457 e. The highest BCUT2D eigenvalue weighted by atomic mass is 16.3. The van der Waals surface area contributed by atoms with Crippen LogP contribution in [0.5, 0.6) is 0 Å². The van der Waals surface area contributed by atoms with E-state index in [0.29, 0.717) is 5.56 Å². The fraction of sp³-hybridized carbons (Fsp3) is 0. The minimum atomic E-state index is -0.0461. The summed E-state index contributed by atoms with van der Waals surface area (Å²) >= 11 is 0. The first-order valence-corrected chi connectivity index (χ1v) is 19.5. The Kier molecular flexibility index (Phi) is 10.1. The minimum absolute atomic E-state index is 0.0171. The van der Waals surface area contributed by atoms with Crippen LogP contribution in [0.1, 0.15) is 0 Å². The van der Waals surface area contributed by atoms with E-state index in [0.717, 1.165) is 22.3 Å². The van der Waals surface area contributed by atoms with Crippen LogP contribution in [-0.4, -0.2) is 125 Å². The zero-order valence-electron chi connectivity index (χ0n) is 33.7. The van der Waals surface area contributed by atoms with Gasteiger partial charge in [0.15, 0.2) is 17.5 Å². The van der Waals surface area contributed by atoms with Gasteiger partial charge in [0.05, 0.1) is 5.56 Å².